The maximum atomic E-state index is 13.3. The van der Waals surface area contributed by atoms with E-state index in [1.807, 2.05) is 11.0 Å². The smallest absolute Gasteiger partial charge is 0.382 e. The van der Waals surface area contributed by atoms with Crippen LogP contribution >= 0.6 is 0 Å². The van der Waals surface area contributed by atoms with Crippen LogP contribution in [0.1, 0.15) is 42.5 Å². The van der Waals surface area contributed by atoms with E-state index in [2.05, 4.69) is 41.4 Å². The van der Waals surface area contributed by atoms with Crippen LogP contribution < -0.4 is 5.32 Å². The van der Waals surface area contributed by atoms with Crippen molar-refractivity contribution >= 4 is 28.2 Å². The zero-order valence-corrected chi connectivity index (χ0v) is 23.4. The Morgan fingerprint density at radius 3 is 2.48 bits per heavy atom. The fourth-order valence-corrected chi connectivity index (χ4v) is 5.66. The number of halogens is 3. The first-order valence-electron chi connectivity index (χ1n) is 14.2. The molecular formula is C30H34F3N5O4. The summed E-state index contributed by atoms with van der Waals surface area (Å²) >= 11 is 0. The number of nitro benzene ring substituents is 1. The number of alkyl halides is 3. The van der Waals surface area contributed by atoms with Crippen LogP contribution in [0.3, 0.4) is 0 Å². The lowest BCUT2D eigenvalue weighted by atomic mass is 9.92. The minimum atomic E-state index is -4.82. The third-order valence-corrected chi connectivity index (χ3v) is 8.00. The van der Waals surface area contributed by atoms with Crippen molar-refractivity contribution < 1.29 is 27.6 Å². The SMILES string of the molecule is Cc1ccc2nc(CN3CCN(C(=O)CO[C@H]4CC[C@H](Nc5ccc([N+](=O)[O-])c(C(F)(F)F)c5)CC4)CC3)ccc2c1. The molecule has 2 aliphatic rings. The summed E-state index contributed by atoms with van der Waals surface area (Å²) in [5.74, 6) is -0.0420. The number of pyridine rings is 1. The van der Waals surface area contributed by atoms with Crippen molar-refractivity contribution in [3.63, 3.8) is 0 Å². The number of hydrogen-bond acceptors (Lipinski definition) is 7. The normalized spacial score (nSPS) is 20.0. The van der Waals surface area contributed by atoms with Crippen LogP contribution in [0.5, 0.6) is 0 Å². The fourth-order valence-electron chi connectivity index (χ4n) is 5.66. The minimum absolute atomic E-state index is 0.00566. The second-order valence-electron chi connectivity index (χ2n) is 11.1. The van der Waals surface area contributed by atoms with Gasteiger partial charge in [-0.1, -0.05) is 17.7 Å². The van der Waals surface area contributed by atoms with Gasteiger partial charge < -0.3 is 15.0 Å². The molecule has 5 rings (SSSR count). The van der Waals surface area contributed by atoms with E-state index in [0.29, 0.717) is 38.8 Å². The highest BCUT2D eigenvalue weighted by Crippen LogP contribution is 2.38. The highest BCUT2D eigenvalue weighted by molar-refractivity contribution is 5.79. The Kier molecular flexibility index (Phi) is 8.93. The summed E-state index contributed by atoms with van der Waals surface area (Å²) in [7, 11) is 0. The Hall–Kier alpha value is -3.77. The Labute approximate surface area is 241 Å². The monoisotopic (exact) mass is 585 g/mol. The number of nitro groups is 1. The lowest BCUT2D eigenvalue weighted by Gasteiger charge is -2.35. The van der Waals surface area contributed by atoms with Crippen LogP contribution in [0.25, 0.3) is 10.9 Å². The van der Waals surface area contributed by atoms with Gasteiger partial charge in [0.2, 0.25) is 5.91 Å². The van der Waals surface area contributed by atoms with Gasteiger partial charge in [-0.15, -0.1) is 0 Å². The zero-order valence-electron chi connectivity index (χ0n) is 23.4. The van der Waals surface area contributed by atoms with E-state index in [9.17, 15) is 28.1 Å². The molecule has 1 aromatic heterocycles. The zero-order chi connectivity index (χ0) is 29.9. The number of carbonyl (C=O) groups excluding carboxylic acids is 1. The average Bonchev–Trinajstić information content (AvgIpc) is 2.96. The summed E-state index contributed by atoms with van der Waals surface area (Å²) in [6.45, 7) is 5.57. The molecule has 3 aromatic rings. The quantitative estimate of drug-likeness (QED) is 0.273. The molecule has 42 heavy (non-hydrogen) atoms. The third kappa shape index (κ3) is 7.35. The number of ether oxygens (including phenoxy) is 1. The topological polar surface area (TPSA) is 101 Å². The summed E-state index contributed by atoms with van der Waals surface area (Å²) in [6.07, 6.45) is -2.29. The van der Waals surface area contributed by atoms with E-state index in [1.54, 1.807) is 0 Å². The van der Waals surface area contributed by atoms with Gasteiger partial charge in [-0.05, 0) is 62.9 Å². The Balaban J connectivity index is 1.03. The van der Waals surface area contributed by atoms with Crippen LogP contribution in [0, 0.1) is 17.0 Å². The predicted octanol–water partition coefficient (Wildman–Crippen LogP) is 5.55. The number of nitrogens with one attached hydrogen (secondary N) is 1. The Bertz CT molecular complexity index is 1430. The minimum Gasteiger partial charge on any atom is -0.382 e. The highest BCUT2D eigenvalue weighted by atomic mass is 19.4. The average molecular weight is 586 g/mol. The maximum absolute atomic E-state index is 13.3. The van der Waals surface area contributed by atoms with Crippen molar-refractivity contribution in [1.29, 1.82) is 0 Å². The number of rotatable bonds is 8. The van der Waals surface area contributed by atoms with Crippen molar-refractivity contribution in [3.05, 3.63) is 75.5 Å². The van der Waals surface area contributed by atoms with Crippen molar-refractivity contribution in [2.24, 2.45) is 0 Å². The Morgan fingerprint density at radius 1 is 1.05 bits per heavy atom. The van der Waals surface area contributed by atoms with Crippen molar-refractivity contribution in [2.75, 3.05) is 38.1 Å². The molecule has 1 N–H and O–H groups in total. The molecule has 0 atom stereocenters. The number of benzene rings is 2. The highest BCUT2D eigenvalue weighted by Gasteiger charge is 2.38. The number of nitrogens with zero attached hydrogens (tertiary/aromatic N) is 4. The van der Waals surface area contributed by atoms with Gasteiger partial charge >= 0.3 is 6.18 Å². The number of amides is 1. The van der Waals surface area contributed by atoms with Crippen LogP contribution in [0.2, 0.25) is 0 Å². The van der Waals surface area contributed by atoms with Gasteiger partial charge in [0, 0.05) is 55.9 Å². The van der Waals surface area contributed by atoms with Crippen molar-refractivity contribution in [1.82, 2.24) is 14.8 Å². The number of carbonyl (C=O) groups is 1. The van der Waals surface area contributed by atoms with Crippen LogP contribution in [-0.4, -0.2) is 70.5 Å². The largest absolute Gasteiger partial charge is 0.423 e. The van der Waals surface area contributed by atoms with Gasteiger partial charge in [0.15, 0.2) is 0 Å². The summed E-state index contributed by atoms with van der Waals surface area (Å²) in [5.41, 5.74) is 1.16. The molecule has 0 bridgehead atoms. The third-order valence-electron chi connectivity index (χ3n) is 8.00. The lowest BCUT2D eigenvalue weighted by molar-refractivity contribution is -0.388. The summed E-state index contributed by atoms with van der Waals surface area (Å²) in [4.78, 5) is 31.6. The molecule has 2 fully saturated rings. The van der Waals surface area contributed by atoms with Gasteiger partial charge in [0.05, 0.1) is 22.2 Å². The van der Waals surface area contributed by atoms with Crippen molar-refractivity contribution in [2.45, 2.75) is 57.5 Å². The summed E-state index contributed by atoms with van der Waals surface area (Å²) < 4.78 is 45.8. The van der Waals surface area contributed by atoms with Gasteiger partial charge in [-0.2, -0.15) is 13.2 Å². The van der Waals surface area contributed by atoms with Crippen LogP contribution in [0.4, 0.5) is 24.5 Å². The molecule has 1 aliphatic carbocycles. The maximum Gasteiger partial charge on any atom is 0.423 e. The first-order chi connectivity index (χ1) is 20.0. The Morgan fingerprint density at radius 2 is 1.79 bits per heavy atom. The van der Waals surface area contributed by atoms with Crippen molar-refractivity contribution in [3.8, 4) is 0 Å². The molecule has 0 spiro atoms. The van der Waals surface area contributed by atoms with E-state index >= 15 is 0 Å². The predicted molar refractivity (Wildman–Crippen MR) is 152 cm³/mol. The first-order valence-corrected chi connectivity index (χ1v) is 14.2. The van der Waals surface area contributed by atoms with E-state index in [-0.39, 0.29) is 30.3 Å². The molecule has 1 saturated heterocycles. The van der Waals surface area contributed by atoms with E-state index in [1.165, 1.54) is 11.6 Å². The molecule has 0 unspecified atom stereocenters. The van der Waals surface area contributed by atoms with Crippen LogP contribution in [0.15, 0.2) is 48.5 Å². The summed E-state index contributed by atoms with van der Waals surface area (Å²) in [6, 6.07) is 13.3. The first kappa shape index (κ1) is 29.7. The molecule has 2 heterocycles. The number of aromatic nitrogens is 1. The fraction of sp³-hybridized carbons (Fsp3) is 0.467. The number of aryl methyl sites for hydroxylation is 1. The number of fused-ring (bicyclic) bond motifs is 1. The van der Waals surface area contributed by atoms with Gasteiger partial charge in [-0.3, -0.25) is 24.8 Å². The van der Waals surface area contributed by atoms with E-state index in [4.69, 9.17) is 9.72 Å². The molecule has 224 valence electrons. The second kappa shape index (κ2) is 12.6. The second-order valence-corrected chi connectivity index (χ2v) is 11.1. The number of anilines is 1. The standard InChI is InChI=1S/C30H34F3N5O4/c1-20-2-10-27-21(16-20)3-4-24(35-27)18-36-12-14-37(15-13-36)29(39)19-42-25-8-5-22(6-9-25)34-23-7-11-28(38(40)41)26(17-23)30(31,32)33/h2-4,7,10-11,16-17,22,25,34H,5-6,8-9,12-15,18-19H2,1H3/t22-,25-. The molecule has 9 nitrogen and oxygen atoms in total. The van der Waals surface area contributed by atoms with Gasteiger partial charge in [-0.25, -0.2) is 0 Å². The number of hydrogen-bond donors (Lipinski definition) is 1. The summed E-state index contributed by atoms with van der Waals surface area (Å²) in [5, 5.41) is 15.2. The molecule has 12 heteroatoms. The molecule has 1 saturated carbocycles. The lowest BCUT2D eigenvalue weighted by Crippen LogP contribution is -2.49. The van der Waals surface area contributed by atoms with E-state index < -0.39 is 22.4 Å². The van der Waals surface area contributed by atoms with E-state index in [0.717, 1.165) is 48.4 Å². The molecular weight excluding hydrogens is 551 g/mol. The van der Waals surface area contributed by atoms with Gasteiger partial charge in [0.1, 0.15) is 12.2 Å². The number of piperazine rings is 1. The molecule has 1 aliphatic heterocycles. The molecule has 1 amide bonds. The van der Waals surface area contributed by atoms with Gasteiger partial charge in [0.25, 0.3) is 5.69 Å². The molecule has 0 radical (unpaired) electrons. The van der Waals surface area contributed by atoms with Crippen LogP contribution in [-0.2, 0) is 22.3 Å². The molecule has 2 aromatic carbocycles.